The summed E-state index contributed by atoms with van der Waals surface area (Å²) in [6, 6.07) is 9.45. The summed E-state index contributed by atoms with van der Waals surface area (Å²) >= 11 is 4.91. The number of nitrogens with two attached hydrogens (primary N) is 2. The van der Waals surface area contributed by atoms with Crippen molar-refractivity contribution in [3.63, 3.8) is 0 Å². The highest BCUT2D eigenvalue weighted by atomic mass is 32.1. The second-order valence-electron chi connectivity index (χ2n) is 3.05. The molecule has 1 heterocycles. The number of aromatic nitrogens is 3. The van der Waals surface area contributed by atoms with Crippen LogP contribution in [0.1, 0.15) is 0 Å². The Morgan fingerprint density at radius 2 is 1.88 bits per heavy atom. The Kier molecular flexibility index (Phi) is 2.69. The molecule has 0 atom stereocenters. The summed E-state index contributed by atoms with van der Waals surface area (Å²) in [7, 11) is 0. The first-order valence-electron chi connectivity index (χ1n) is 4.50. The molecule has 0 unspecified atom stereocenters. The second kappa shape index (κ2) is 4.15. The molecule has 0 bridgehead atoms. The summed E-state index contributed by atoms with van der Waals surface area (Å²) < 4.78 is 1.34. The van der Waals surface area contributed by atoms with Crippen molar-refractivity contribution in [1.29, 1.82) is 0 Å². The normalized spacial score (nSPS) is 10.0. The Hall–Kier alpha value is -2.15. The predicted octanol–water partition coefficient (Wildman–Crippen LogP) is 1.05. The molecule has 0 amide bonds. The first-order chi connectivity index (χ1) is 7.66. The minimum Gasteiger partial charge on any atom is -0.368 e. The monoisotopic (exact) mass is 234 g/mol. The van der Waals surface area contributed by atoms with Crippen LogP contribution in [0.3, 0.4) is 0 Å². The van der Waals surface area contributed by atoms with Crippen LogP contribution in [0.25, 0.3) is 0 Å². The zero-order valence-corrected chi connectivity index (χ0v) is 9.11. The molecular formula is C9H10N6S. The Balaban J connectivity index is 2.39. The van der Waals surface area contributed by atoms with E-state index in [1.807, 2.05) is 30.3 Å². The Morgan fingerprint density at radius 1 is 1.19 bits per heavy atom. The number of hydrogen-bond donors (Lipinski definition) is 3. The number of benzene rings is 1. The van der Waals surface area contributed by atoms with E-state index in [1.165, 1.54) is 4.68 Å². The Morgan fingerprint density at radius 3 is 2.56 bits per heavy atom. The van der Waals surface area contributed by atoms with E-state index in [0.29, 0.717) is 5.95 Å². The van der Waals surface area contributed by atoms with Crippen LogP contribution in [0.2, 0.25) is 0 Å². The number of nitrogen functional groups attached to an aromatic ring is 2. The highest BCUT2D eigenvalue weighted by molar-refractivity contribution is 7.71. The van der Waals surface area contributed by atoms with Crippen LogP contribution in [0.15, 0.2) is 30.3 Å². The number of para-hydroxylation sites is 1. The molecule has 82 valence electrons. The molecule has 6 nitrogen and oxygen atoms in total. The smallest absolute Gasteiger partial charge is 0.232 e. The maximum absolute atomic E-state index is 5.67. The van der Waals surface area contributed by atoms with Crippen LogP contribution in [-0.2, 0) is 0 Å². The van der Waals surface area contributed by atoms with Crippen molar-refractivity contribution in [1.82, 2.24) is 14.6 Å². The topological polar surface area (TPSA) is 94.8 Å². The first-order valence-corrected chi connectivity index (χ1v) is 4.91. The van der Waals surface area contributed by atoms with E-state index < -0.39 is 0 Å². The van der Waals surface area contributed by atoms with Gasteiger partial charge < -0.3 is 16.9 Å². The number of hydrogen-bond acceptors (Lipinski definition) is 6. The van der Waals surface area contributed by atoms with Gasteiger partial charge in [-0.25, -0.2) is 4.68 Å². The van der Waals surface area contributed by atoms with Crippen molar-refractivity contribution in [2.24, 2.45) is 0 Å². The van der Waals surface area contributed by atoms with Gasteiger partial charge >= 0.3 is 0 Å². The van der Waals surface area contributed by atoms with Crippen LogP contribution in [0, 0.1) is 4.77 Å². The fraction of sp³-hybridized carbons (Fsp3) is 0. The molecule has 0 saturated heterocycles. The van der Waals surface area contributed by atoms with Crippen molar-refractivity contribution >= 4 is 29.8 Å². The largest absolute Gasteiger partial charge is 0.368 e. The second-order valence-corrected chi connectivity index (χ2v) is 3.41. The molecule has 16 heavy (non-hydrogen) atoms. The minimum absolute atomic E-state index is 0.0881. The van der Waals surface area contributed by atoms with E-state index in [2.05, 4.69) is 15.3 Å². The van der Waals surface area contributed by atoms with Gasteiger partial charge in [0.1, 0.15) is 0 Å². The van der Waals surface area contributed by atoms with Gasteiger partial charge in [0, 0.05) is 5.69 Å². The van der Waals surface area contributed by atoms with Gasteiger partial charge in [0.05, 0.1) is 0 Å². The Labute approximate surface area is 96.9 Å². The molecule has 0 aliphatic rings. The summed E-state index contributed by atoms with van der Waals surface area (Å²) in [6.07, 6.45) is 0. The zero-order valence-electron chi connectivity index (χ0n) is 8.29. The molecule has 1 aromatic heterocycles. The highest BCUT2D eigenvalue weighted by Gasteiger charge is 2.03. The van der Waals surface area contributed by atoms with E-state index >= 15 is 0 Å². The average Bonchev–Trinajstić information content (AvgIpc) is 2.27. The molecule has 0 radical (unpaired) electrons. The quantitative estimate of drug-likeness (QED) is 0.531. The predicted molar refractivity (Wildman–Crippen MR) is 65.1 cm³/mol. The van der Waals surface area contributed by atoms with Crippen LogP contribution in [0.5, 0.6) is 0 Å². The van der Waals surface area contributed by atoms with Crippen LogP contribution in [0.4, 0.5) is 17.6 Å². The first kappa shape index (κ1) is 10.4. The number of nitrogens with zero attached hydrogens (tertiary/aromatic N) is 3. The van der Waals surface area contributed by atoms with Crippen molar-refractivity contribution in [2.75, 3.05) is 16.9 Å². The molecule has 0 fully saturated rings. The molecule has 0 saturated carbocycles. The van der Waals surface area contributed by atoms with Gasteiger partial charge in [-0.3, -0.25) is 0 Å². The third kappa shape index (κ3) is 2.09. The van der Waals surface area contributed by atoms with Crippen molar-refractivity contribution < 1.29 is 0 Å². The van der Waals surface area contributed by atoms with Gasteiger partial charge in [0.15, 0.2) is 0 Å². The molecule has 0 spiro atoms. The molecule has 1 aromatic carbocycles. The van der Waals surface area contributed by atoms with Crippen LogP contribution in [-0.4, -0.2) is 14.6 Å². The summed E-state index contributed by atoms with van der Waals surface area (Å²) in [5.74, 6) is 6.11. The lowest BCUT2D eigenvalue weighted by atomic mass is 10.3. The fourth-order valence-electron chi connectivity index (χ4n) is 1.17. The van der Waals surface area contributed by atoms with Gasteiger partial charge in [-0.15, -0.1) is 0 Å². The lowest BCUT2D eigenvalue weighted by Gasteiger charge is -2.09. The SMILES string of the molecule is Nc1nc(Nc2ccccc2)n(N)c(=S)n1. The number of anilines is 3. The fourth-order valence-corrected chi connectivity index (χ4v) is 1.35. The summed E-state index contributed by atoms with van der Waals surface area (Å²) in [5.41, 5.74) is 6.33. The minimum atomic E-state index is 0.0881. The molecular weight excluding hydrogens is 224 g/mol. The zero-order chi connectivity index (χ0) is 11.5. The van der Waals surface area contributed by atoms with Crippen LogP contribution < -0.4 is 16.9 Å². The van der Waals surface area contributed by atoms with E-state index in [1.54, 1.807) is 0 Å². The average molecular weight is 234 g/mol. The van der Waals surface area contributed by atoms with Gasteiger partial charge in [-0.2, -0.15) is 9.97 Å². The summed E-state index contributed by atoms with van der Waals surface area (Å²) in [5, 5.41) is 2.99. The highest BCUT2D eigenvalue weighted by Crippen LogP contribution is 2.12. The van der Waals surface area contributed by atoms with Crippen molar-refractivity contribution in [3.8, 4) is 0 Å². The van der Waals surface area contributed by atoms with Gasteiger partial charge in [-0.1, -0.05) is 18.2 Å². The number of rotatable bonds is 2. The van der Waals surface area contributed by atoms with Crippen molar-refractivity contribution in [2.45, 2.75) is 0 Å². The lowest BCUT2D eigenvalue weighted by Crippen LogP contribution is -2.19. The number of nitrogens with one attached hydrogen (secondary N) is 1. The maximum atomic E-state index is 5.67. The van der Waals surface area contributed by atoms with E-state index in [-0.39, 0.29) is 10.7 Å². The van der Waals surface area contributed by atoms with Gasteiger partial charge in [0.2, 0.25) is 16.7 Å². The van der Waals surface area contributed by atoms with Crippen molar-refractivity contribution in [3.05, 3.63) is 35.1 Å². The van der Waals surface area contributed by atoms with E-state index in [9.17, 15) is 0 Å². The third-order valence-corrected chi connectivity index (χ3v) is 2.18. The molecule has 5 N–H and O–H groups in total. The molecule has 0 aliphatic heterocycles. The van der Waals surface area contributed by atoms with Gasteiger partial charge in [0.25, 0.3) is 0 Å². The lowest BCUT2D eigenvalue weighted by molar-refractivity contribution is 0.876. The third-order valence-electron chi connectivity index (χ3n) is 1.89. The van der Waals surface area contributed by atoms with Crippen LogP contribution >= 0.6 is 12.2 Å². The summed E-state index contributed by atoms with van der Waals surface area (Å²) in [6.45, 7) is 0. The van der Waals surface area contributed by atoms with Gasteiger partial charge in [-0.05, 0) is 24.4 Å². The molecule has 7 heteroatoms. The summed E-state index contributed by atoms with van der Waals surface area (Å²) in [4.78, 5) is 7.71. The standard InChI is InChI=1S/C9H10N6S/c10-7-13-8(15(11)9(16)14-7)12-6-4-2-1-3-5-6/h1-5H,11H2,(H3,10,12,13,14,16). The van der Waals surface area contributed by atoms with E-state index in [0.717, 1.165) is 5.69 Å². The van der Waals surface area contributed by atoms with E-state index in [4.69, 9.17) is 23.8 Å². The molecule has 2 rings (SSSR count). The Bertz CT molecular complexity index is 550. The maximum Gasteiger partial charge on any atom is 0.232 e. The molecule has 2 aromatic rings. The molecule has 0 aliphatic carbocycles.